The first-order valence-corrected chi connectivity index (χ1v) is 8.04. The molecular weight excluding hydrogens is 308 g/mol. The summed E-state index contributed by atoms with van der Waals surface area (Å²) in [5.74, 6) is 0.318. The lowest BCUT2D eigenvalue weighted by Crippen LogP contribution is -2.09. The molecule has 0 unspecified atom stereocenters. The summed E-state index contributed by atoms with van der Waals surface area (Å²) in [6.07, 6.45) is 5.51. The van der Waals surface area contributed by atoms with Crippen LogP contribution < -0.4 is 4.74 Å². The van der Waals surface area contributed by atoms with Crippen molar-refractivity contribution in [3.05, 3.63) is 54.6 Å². The molecule has 0 aliphatic carbocycles. The lowest BCUT2D eigenvalue weighted by molar-refractivity contribution is -0.136. The van der Waals surface area contributed by atoms with Gasteiger partial charge in [0, 0.05) is 6.08 Å². The van der Waals surface area contributed by atoms with E-state index in [4.69, 9.17) is 14.6 Å². The van der Waals surface area contributed by atoms with Gasteiger partial charge in [-0.1, -0.05) is 37.8 Å². The van der Waals surface area contributed by atoms with Crippen LogP contribution in [0.1, 0.15) is 31.4 Å². The number of benzene rings is 1. The van der Waals surface area contributed by atoms with Crippen molar-refractivity contribution in [2.45, 2.75) is 25.9 Å². The Morgan fingerprint density at radius 3 is 2.67 bits per heavy atom. The number of allylic oxidation sites excluding steroid dienone is 1. The fourth-order valence-electron chi connectivity index (χ4n) is 2.14. The molecule has 2 N–H and O–H groups in total. The molecule has 1 rings (SSSR count). The van der Waals surface area contributed by atoms with Crippen LogP contribution >= 0.6 is 0 Å². The number of aliphatic hydroxyl groups excluding tert-OH is 2. The maximum atomic E-state index is 11.3. The number of carbonyl (C=O) groups excluding carboxylic acids is 1. The molecule has 0 heterocycles. The van der Waals surface area contributed by atoms with Gasteiger partial charge in [-0.3, -0.25) is 0 Å². The standard InChI is InChI=1S/C19H26O5/c1-3-13-24-18(21)7-5-4-6-15(2)19(22)16-8-10-17(11-9-16)23-14-12-20/h3,5,7-11,15,19-20,22H,1,4,6,12-14H2,2H3/b7-5+/t15-,19-/m0/s1. The summed E-state index contributed by atoms with van der Waals surface area (Å²) in [7, 11) is 0. The van der Waals surface area contributed by atoms with Gasteiger partial charge in [-0.2, -0.15) is 0 Å². The van der Waals surface area contributed by atoms with Crippen molar-refractivity contribution in [1.82, 2.24) is 0 Å². The molecule has 0 amide bonds. The normalized spacial score (nSPS) is 13.5. The van der Waals surface area contributed by atoms with E-state index >= 15 is 0 Å². The molecule has 2 atom stereocenters. The van der Waals surface area contributed by atoms with Gasteiger partial charge >= 0.3 is 5.97 Å². The topological polar surface area (TPSA) is 76.0 Å². The number of esters is 1. The zero-order chi connectivity index (χ0) is 17.8. The van der Waals surface area contributed by atoms with Crippen LogP contribution in [0.15, 0.2) is 49.1 Å². The highest BCUT2D eigenvalue weighted by atomic mass is 16.5. The Morgan fingerprint density at radius 2 is 2.04 bits per heavy atom. The van der Waals surface area contributed by atoms with Gasteiger partial charge in [-0.15, -0.1) is 0 Å². The van der Waals surface area contributed by atoms with Crippen molar-refractivity contribution < 1.29 is 24.5 Å². The molecule has 5 heteroatoms. The minimum Gasteiger partial charge on any atom is -0.491 e. The summed E-state index contributed by atoms with van der Waals surface area (Å²) in [5, 5.41) is 19.1. The van der Waals surface area contributed by atoms with E-state index in [9.17, 15) is 9.90 Å². The molecule has 132 valence electrons. The molecule has 0 fully saturated rings. The van der Waals surface area contributed by atoms with E-state index in [1.807, 2.05) is 19.1 Å². The average Bonchev–Trinajstić information content (AvgIpc) is 2.61. The summed E-state index contributed by atoms with van der Waals surface area (Å²) >= 11 is 0. The van der Waals surface area contributed by atoms with E-state index in [0.29, 0.717) is 12.2 Å². The van der Waals surface area contributed by atoms with E-state index in [0.717, 1.165) is 12.0 Å². The number of hydrogen-bond donors (Lipinski definition) is 2. The molecule has 0 bridgehead atoms. The van der Waals surface area contributed by atoms with Crippen LogP contribution in [0.2, 0.25) is 0 Å². The molecule has 0 aliphatic heterocycles. The zero-order valence-electron chi connectivity index (χ0n) is 14.1. The smallest absolute Gasteiger partial charge is 0.330 e. The highest BCUT2D eigenvalue weighted by Crippen LogP contribution is 2.27. The van der Waals surface area contributed by atoms with Crippen LogP contribution in [0.5, 0.6) is 5.75 Å². The van der Waals surface area contributed by atoms with Crippen LogP contribution in [0.3, 0.4) is 0 Å². The number of carbonyl (C=O) groups is 1. The van der Waals surface area contributed by atoms with E-state index < -0.39 is 6.10 Å². The van der Waals surface area contributed by atoms with Crippen LogP contribution in [0.25, 0.3) is 0 Å². The average molecular weight is 334 g/mol. The van der Waals surface area contributed by atoms with Crippen LogP contribution in [0, 0.1) is 5.92 Å². The molecule has 0 spiro atoms. The molecular formula is C19H26O5. The van der Waals surface area contributed by atoms with Crippen LogP contribution in [0.4, 0.5) is 0 Å². The second-order valence-corrected chi connectivity index (χ2v) is 5.46. The summed E-state index contributed by atoms with van der Waals surface area (Å²) < 4.78 is 10.1. The maximum absolute atomic E-state index is 11.3. The predicted octanol–water partition coefficient (Wildman–Crippen LogP) is 2.79. The number of hydrogen-bond acceptors (Lipinski definition) is 5. The van der Waals surface area contributed by atoms with E-state index in [-0.39, 0.29) is 31.7 Å². The Kier molecular flexibility index (Phi) is 9.49. The van der Waals surface area contributed by atoms with Gasteiger partial charge in [0.1, 0.15) is 19.0 Å². The van der Waals surface area contributed by atoms with Gasteiger partial charge < -0.3 is 19.7 Å². The van der Waals surface area contributed by atoms with E-state index in [2.05, 4.69) is 6.58 Å². The first-order valence-electron chi connectivity index (χ1n) is 8.04. The third-order valence-electron chi connectivity index (χ3n) is 3.51. The van der Waals surface area contributed by atoms with Gasteiger partial charge in [0.15, 0.2) is 0 Å². The number of ether oxygens (including phenoxy) is 2. The third-order valence-corrected chi connectivity index (χ3v) is 3.51. The first kappa shape index (κ1) is 19.9. The third kappa shape index (κ3) is 7.44. The fourth-order valence-corrected chi connectivity index (χ4v) is 2.14. The zero-order valence-corrected chi connectivity index (χ0v) is 14.1. The van der Waals surface area contributed by atoms with Crippen LogP contribution in [-0.4, -0.2) is 36.0 Å². The summed E-state index contributed by atoms with van der Waals surface area (Å²) in [6, 6.07) is 7.18. The van der Waals surface area contributed by atoms with Gasteiger partial charge in [-0.05, 0) is 36.5 Å². The molecule has 0 saturated carbocycles. The molecule has 1 aromatic carbocycles. The quantitative estimate of drug-likeness (QED) is 0.370. The summed E-state index contributed by atoms with van der Waals surface area (Å²) in [6.45, 7) is 5.86. The Bertz CT molecular complexity index is 521. The number of aliphatic hydroxyl groups is 2. The summed E-state index contributed by atoms with van der Waals surface area (Å²) in [5.41, 5.74) is 0.813. The number of rotatable bonds is 11. The minimum absolute atomic E-state index is 0.0317. The SMILES string of the molecule is C=CCOC(=O)/C=C/CC[C@H](C)[C@H](O)c1ccc(OCCO)cc1. The molecule has 24 heavy (non-hydrogen) atoms. The fraction of sp³-hybridized carbons (Fsp3) is 0.421. The van der Waals surface area contributed by atoms with Gasteiger partial charge in [0.05, 0.1) is 12.7 Å². The molecule has 1 aromatic rings. The van der Waals surface area contributed by atoms with E-state index in [1.165, 1.54) is 12.2 Å². The predicted molar refractivity (Wildman–Crippen MR) is 92.7 cm³/mol. The monoisotopic (exact) mass is 334 g/mol. The molecule has 5 nitrogen and oxygen atoms in total. The second-order valence-electron chi connectivity index (χ2n) is 5.46. The second kappa shape index (κ2) is 11.4. The molecule has 0 saturated heterocycles. The first-order chi connectivity index (χ1) is 11.6. The molecule has 0 aliphatic rings. The maximum Gasteiger partial charge on any atom is 0.330 e. The van der Waals surface area contributed by atoms with Crippen LogP contribution in [-0.2, 0) is 9.53 Å². The largest absolute Gasteiger partial charge is 0.491 e. The molecule has 0 aromatic heterocycles. The highest BCUT2D eigenvalue weighted by molar-refractivity contribution is 5.81. The summed E-state index contributed by atoms with van der Waals surface area (Å²) in [4.78, 5) is 11.3. The lowest BCUT2D eigenvalue weighted by Gasteiger charge is -2.19. The van der Waals surface area contributed by atoms with Gasteiger partial charge in [0.2, 0.25) is 0 Å². The van der Waals surface area contributed by atoms with E-state index in [1.54, 1.807) is 18.2 Å². The van der Waals surface area contributed by atoms with Crippen molar-refractivity contribution in [2.75, 3.05) is 19.8 Å². The van der Waals surface area contributed by atoms with Crippen molar-refractivity contribution in [3.63, 3.8) is 0 Å². The van der Waals surface area contributed by atoms with Crippen molar-refractivity contribution in [2.24, 2.45) is 5.92 Å². The Labute approximate surface area is 143 Å². The van der Waals surface area contributed by atoms with Crippen molar-refractivity contribution in [1.29, 1.82) is 0 Å². The van der Waals surface area contributed by atoms with Gasteiger partial charge in [0.25, 0.3) is 0 Å². The Balaban J connectivity index is 2.41. The van der Waals surface area contributed by atoms with Gasteiger partial charge in [-0.25, -0.2) is 4.79 Å². The molecule has 0 radical (unpaired) electrons. The Morgan fingerprint density at radius 1 is 1.33 bits per heavy atom. The van der Waals surface area contributed by atoms with Crippen molar-refractivity contribution >= 4 is 5.97 Å². The van der Waals surface area contributed by atoms with Crippen molar-refractivity contribution in [3.8, 4) is 5.75 Å². The Hall–Kier alpha value is -2.11. The highest BCUT2D eigenvalue weighted by Gasteiger charge is 2.15. The minimum atomic E-state index is -0.585. The lowest BCUT2D eigenvalue weighted by atomic mass is 9.93.